The van der Waals surface area contributed by atoms with Crippen molar-refractivity contribution in [1.82, 2.24) is 0 Å². The molecule has 96 valence electrons. The van der Waals surface area contributed by atoms with Gasteiger partial charge in [-0.2, -0.15) is 0 Å². The van der Waals surface area contributed by atoms with Crippen LogP contribution in [0.4, 0.5) is 5.69 Å². The van der Waals surface area contributed by atoms with Crippen molar-refractivity contribution in [3.63, 3.8) is 0 Å². The molecule has 0 spiro atoms. The van der Waals surface area contributed by atoms with E-state index in [1.807, 2.05) is 0 Å². The number of nitro benzene ring substituents is 1. The number of thioether (sulfide) groups is 1. The molecule has 0 saturated carbocycles. The number of ether oxygens (including phenoxy) is 1. The van der Waals surface area contributed by atoms with Gasteiger partial charge in [-0.05, 0) is 6.07 Å². The summed E-state index contributed by atoms with van der Waals surface area (Å²) in [5, 5.41) is 19.2. The second-order valence-electron chi connectivity index (χ2n) is 3.11. The van der Waals surface area contributed by atoms with E-state index in [0.29, 0.717) is 4.90 Å². The molecule has 0 radical (unpaired) electrons. The number of aliphatic carboxylic acids is 1. The highest BCUT2D eigenvalue weighted by molar-refractivity contribution is 8.00. The summed E-state index contributed by atoms with van der Waals surface area (Å²) in [5.41, 5.74) is -0.270. The molecule has 0 unspecified atom stereocenters. The zero-order chi connectivity index (χ0) is 13.7. The predicted molar refractivity (Wildman–Crippen MR) is 62.8 cm³/mol. The molecule has 0 amide bonds. The maximum Gasteiger partial charge on any atom is 0.339 e. The van der Waals surface area contributed by atoms with Gasteiger partial charge in [0.05, 0.1) is 23.3 Å². The van der Waals surface area contributed by atoms with Crippen LogP contribution in [0.3, 0.4) is 0 Å². The molecule has 0 aliphatic rings. The van der Waals surface area contributed by atoms with Gasteiger partial charge in [-0.3, -0.25) is 14.9 Å². The van der Waals surface area contributed by atoms with E-state index in [1.165, 1.54) is 12.1 Å². The Kier molecular flexibility index (Phi) is 4.67. The Hall–Kier alpha value is -2.09. The number of carboxylic acid groups (broad SMARTS) is 1. The summed E-state index contributed by atoms with van der Waals surface area (Å²) in [6.07, 6.45) is 0. The van der Waals surface area contributed by atoms with Crippen molar-refractivity contribution in [2.24, 2.45) is 0 Å². The van der Waals surface area contributed by atoms with Gasteiger partial charge in [0.2, 0.25) is 0 Å². The highest BCUT2D eigenvalue weighted by Crippen LogP contribution is 2.27. The van der Waals surface area contributed by atoms with Gasteiger partial charge in [-0.1, -0.05) is 0 Å². The number of non-ortho nitro benzene ring substituents is 1. The minimum atomic E-state index is -1.05. The van der Waals surface area contributed by atoms with E-state index >= 15 is 0 Å². The van der Waals surface area contributed by atoms with Crippen molar-refractivity contribution in [2.75, 3.05) is 12.9 Å². The van der Waals surface area contributed by atoms with Gasteiger partial charge in [-0.15, -0.1) is 11.8 Å². The topological polar surface area (TPSA) is 107 Å². The van der Waals surface area contributed by atoms with Gasteiger partial charge >= 0.3 is 11.9 Å². The van der Waals surface area contributed by atoms with Crippen LogP contribution in [-0.4, -0.2) is 34.8 Å². The molecule has 18 heavy (non-hydrogen) atoms. The van der Waals surface area contributed by atoms with Crippen molar-refractivity contribution in [1.29, 1.82) is 0 Å². The third kappa shape index (κ3) is 3.45. The number of hydrogen-bond donors (Lipinski definition) is 1. The summed E-state index contributed by atoms with van der Waals surface area (Å²) in [6.45, 7) is 0. The predicted octanol–water partition coefficient (Wildman–Crippen LogP) is 1.56. The van der Waals surface area contributed by atoms with Crippen molar-refractivity contribution in [2.45, 2.75) is 4.90 Å². The molecule has 0 aliphatic carbocycles. The lowest BCUT2D eigenvalue weighted by atomic mass is 10.2. The minimum absolute atomic E-state index is 0.0158. The fraction of sp³-hybridized carbons (Fsp3) is 0.200. The standard InChI is InChI=1S/C10H9NO6S/c1-17-10(14)7-4-6(11(15)16)2-3-8(7)18-5-9(12)13/h2-4H,5H2,1H3,(H,12,13). The van der Waals surface area contributed by atoms with E-state index in [2.05, 4.69) is 4.74 Å². The van der Waals surface area contributed by atoms with Crippen LogP contribution in [0.5, 0.6) is 0 Å². The lowest BCUT2D eigenvalue weighted by Gasteiger charge is -2.06. The molecular formula is C10H9NO6S. The van der Waals surface area contributed by atoms with Gasteiger partial charge in [0, 0.05) is 17.0 Å². The van der Waals surface area contributed by atoms with Crippen molar-refractivity contribution in [3.05, 3.63) is 33.9 Å². The van der Waals surface area contributed by atoms with E-state index in [-0.39, 0.29) is 17.0 Å². The Balaban J connectivity index is 3.12. The Morgan fingerprint density at radius 3 is 2.67 bits per heavy atom. The lowest BCUT2D eigenvalue weighted by Crippen LogP contribution is -2.06. The van der Waals surface area contributed by atoms with Crippen molar-refractivity contribution >= 4 is 29.4 Å². The van der Waals surface area contributed by atoms with E-state index in [1.54, 1.807) is 0 Å². The highest BCUT2D eigenvalue weighted by Gasteiger charge is 2.18. The van der Waals surface area contributed by atoms with Crippen LogP contribution < -0.4 is 0 Å². The Bertz CT molecular complexity index is 501. The zero-order valence-corrected chi connectivity index (χ0v) is 10.1. The molecule has 0 heterocycles. The molecule has 1 aromatic rings. The number of nitrogens with zero attached hydrogens (tertiary/aromatic N) is 1. The van der Waals surface area contributed by atoms with Crippen molar-refractivity contribution < 1.29 is 24.4 Å². The van der Waals surface area contributed by atoms with Gasteiger partial charge in [0.1, 0.15) is 0 Å². The molecule has 0 atom stereocenters. The van der Waals surface area contributed by atoms with Gasteiger partial charge in [0.25, 0.3) is 5.69 Å². The second kappa shape index (κ2) is 6.01. The van der Waals surface area contributed by atoms with E-state index < -0.39 is 16.9 Å². The van der Waals surface area contributed by atoms with Crippen LogP contribution >= 0.6 is 11.8 Å². The number of carboxylic acids is 1. The number of rotatable bonds is 5. The molecule has 0 saturated heterocycles. The number of esters is 1. The first-order valence-electron chi connectivity index (χ1n) is 4.67. The maximum atomic E-state index is 11.4. The lowest BCUT2D eigenvalue weighted by molar-refractivity contribution is -0.384. The first-order valence-corrected chi connectivity index (χ1v) is 5.65. The normalized spacial score (nSPS) is 9.83. The highest BCUT2D eigenvalue weighted by atomic mass is 32.2. The Morgan fingerprint density at radius 1 is 1.50 bits per heavy atom. The van der Waals surface area contributed by atoms with E-state index in [9.17, 15) is 19.7 Å². The number of carbonyl (C=O) groups is 2. The molecule has 1 N–H and O–H groups in total. The van der Waals surface area contributed by atoms with Crippen LogP contribution in [0.25, 0.3) is 0 Å². The van der Waals surface area contributed by atoms with Gasteiger partial charge in [-0.25, -0.2) is 4.79 Å². The third-order valence-corrected chi connectivity index (χ3v) is 2.99. The second-order valence-corrected chi connectivity index (χ2v) is 4.13. The minimum Gasteiger partial charge on any atom is -0.481 e. The molecule has 7 nitrogen and oxygen atoms in total. The molecule has 8 heteroatoms. The zero-order valence-electron chi connectivity index (χ0n) is 9.28. The first-order chi connectivity index (χ1) is 8.45. The fourth-order valence-corrected chi connectivity index (χ4v) is 1.91. The quantitative estimate of drug-likeness (QED) is 0.374. The monoisotopic (exact) mass is 271 g/mol. The van der Waals surface area contributed by atoms with Gasteiger partial charge in [0.15, 0.2) is 0 Å². The van der Waals surface area contributed by atoms with Crippen LogP contribution in [0.2, 0.25) is 0 Å². The molecular weight excluding hydrogens is 262 g/mol. The average molecular weight is 271 g/mol. The van der Waals surface area contributed by atoms with Crippen LogP contribution in [0, 0.1) is 10.1 Å². The third-order valence-electron chi connectivity index (χ3n) is 1.93. The van der Waals surface area contributed by atoms with Crippen LogP contribution in [-0.2, 0) is 9.53 Å². The average Bonchev–Trinajstić information content (AvgIpc) is 2.34. The number of carbonyl (C=O) groups excluding carboxylic acids is 1. The van der Waals surface area contributed by atoms with E-state index in [0.717, 1.165) is 24.9 Å². The Labute approximate surface area is 106 Å². The van der Waals surface area contributed by atoms with Crippen LogP contribution in [0.15, 0.2) is 23.1 Å². The van der Waals surface area contributed by atoms with Crippen molar-refractivity contribution in [3.8, 4) is 0 Å². The van der Waals surface area contributed by atoms with Crippen LogP contribution in [0.1, 0.15) is 10.4 Å². The maximum absolute atomic E-state index is 11.4. The summed E-state index contributed by atoms with van der Waals surface area (Å²) in [4.78, 5) is 32.2. The summed E-state index contributed by atoms with van der Waals surface area (Å²) < 4.78 is 4.50. The number of hydrogen-bond acceptors (Lipinski definition) is 6. The smallest absolute Gasteiger partial charge is 0.339 e. The van der Waals surface area contributed by atoms with Gasteiger partial charge < -0.3 is 9.84 Å². The SMILES string of the molecule is COC(=O)c1cc([N+](=O)[O-])ccc1SCC(=O)O. The number of benzene rings is 1. The first kappa shape index (κ1) is 14.0. The summed E-state index contributed by atoms with van der Waals surface area (Å²) in [6, 6.07) is 3.60. The molecule has 1 rings (SSSR count). The fourth-order valence-electron chi connectivity index (χ4n) is 1.17. The van der Waals surface area contributed by atoms with E-state index in [4.69, 9.17) is 5.11 Å². The number of nitro groups is 1. The number of methoxy groups -OCH3 is 1. The molecule has 0 aliphatic heterocycles. The largest absolute Gasteiger partial charge is 0.481 e. The molecule has 1 aromatic carbocycles. The Morgan fingerprint density at radius 2 is 2.17 bits per heavy atom. The molecule has 0 aromatic heterocycles. The molecule has 0 bridgehead atoms. The summed E-state index contributed by atoms with van der Waals surface area (Å²) >= 11 is 0.896. The summed E-state index contributed by atoms with van der Waals surface area (Å²) in [7, 11) is 1.15. The molecule has 0 fully saturated rings. The summed E-state index contributed by atoms with van der Waals surface area (Å²) in [5.74, 6) is -2.04.